The summed E-state index contributed by atoms with van der Waals surface area (Å²) in [5.74, 6) is 0.328. The molecule has 0 radical (unpaired) electrons. The number of halogens is 4. The van der Waals surface area contributed by atoms with E-state index in [4.69, 9.17) is 56.5 Å². The molecule has 6 N–H and O–H groups in total. The van der Waals surface area contributed by atoms with Crippen molar-refractivity contribution in [1.82, 2.24) is 34.4 Å². The average Bonchev–Trinajstić information content (AvgIpc) is 1.81. The molecule has 4 aliphatic rings. The fraction of sp³-hybridized carbons (Fsp3) is 0.282. The first-order valence-electron chi connectivity index (χ1n) is 33.8. The zero-order chi connectivity index (χ0) is 71.1. The predicted molar refractivity (Wildman–Crippen MR) is 416 cm³/mol. The molecule has 4 aliphatic heterocycles. The number of amides is 2. The van der Waals surface area contributed by atoms with Gasteiger partial charge in [0.2, 0.25) is 0 Å². The van der Waals surface area contributed by atoms with Gasteiger partial charge < -0.3 is 51.0 Å². The van der Waals surface area contributed by atoms with Crippen LogP contribution in [0.15, 0.2) is 200 Å². The van der Waals surface area contributed by atoms with E-state index in [-0.39, 0.29) is 51.3 Å². The van der Waals surface area contributed by atoms with E-state index in [1.807, 2.05) is 173 Å². The van der Waals surface area contributed by atoms with Crippen LogP contribution in [-0.4, -0.2) is 146 Å². The minimum absolute atomic E-state index is 0. The van der Waals surface area contributed by atoms with Crippen LogP contribution in [0.2, 0.25) is 33.7 Å². The molecule has 0 spiro atoms. The summed E-state index contributed by atoms with van der Waals surface area (Å²) in [6, 6.07) is 53.9. The summed E-state index contributed by atoms with van der Waals surface area (Å²) in [7, 11) is -1.80. The zero-order valence-corrected chi connectivity index (χ0v) is 63.6. The summed E-state index contributed by atoms with van der Waals surface area (Å²) in [5.41, 5.74) is 12.6. The van der Waals surface area contributed by atoms with E-state index in [0.717, 1.165) is 172 Å². The minimum atomic E-state index is -1.08. The molecule has 7 aromatic carbocycles. The number of aromatic nitrogens is 3. The monoisotopic (exact) mass is 1470 g/mol. The van der Waals surface area contributed by atoms with Crippen molar-refractivity contribution in [1.29, 1.82) is 0 Å². The van der Waals surface area contributed by atoms with Gasteiger partial charge in [-0.2, -0.15) is 0 Å². The number of ketones is 1. The molecule has 4 saturated heterocycles. The van der Waals surface area contributed by atoms with Crippen LogP contribution in [0.3, 0.4) is 0 Å². The van der Waals surface area contributed by atoms with E-state index in [2.05, 4.69) is 44.0 Å². The fourth-order valence-corrected chi connectivity index (χ4v) is 13.5. The fourth-order valence-electron chi connectivity index (χ4n) is 12.3. The number of aromatic amines is 3. The van der Waals surface area contributed by atoms with Gasteiger partial charge >= 0.3 is 57.4 Å². The molecular formula is C78H88B2Cl4N7NaO8P+. The number of fused-ring (bicyclic) bond motifs is 3. The number of nitrogens with zero attached hydrogens (tertiary/aromatic N) is 4. The van der Waals surface area contributed by atoms with Crippen LogP contribution < -0.4 is 29.6 Å². The molecule has 3 aromatic heterocycles. The number of carboxylic acid groups (broad SMARTS) is 1. The van der Waals surface area contributed by atoms with Gasteiger partial charge in [-0.25, -0.2) is 4.79 Å². The first kappa shape index (κ1) is 79.6. The smallest absolute Gasteiger partial charge is 1.00 e. The second kappa shape index (κ2) is 40.1. The van der Waals surface area contributed by atoms with Crippen molar-refractivity contribution < 1.29 is 71.3 Å². The maximum absolute atomic E-state index is 12.8. The molecule has 23 heteroatoms. The first-order chi connectivity index (χ1) is 48.2. The van der Waals surface area contributed by atoms with Gasteiger partial charge in [0.1, 0.15) is 12.4 Å². The summed E-state index contributed by atoms with van der Waals surface area (Å²) < 4.78 is 10.8. The van der Waals surface area contributed by atoms with Crippen molar-refractivity contribution in [2.45, 2.75) is 77.6 Å². The van der Waals surface area contributed by atoms with Gasteiger partial charge in [-0.05, 0) is 234 Å². The summed E-state index contributed by atoms with van der Waals surface area (Å²) in [6.07, 6.45) is 19.0. The number of hydrogen-bond donors (Lipinski definition) is 6. The van der Waals surface area contributed by atoms with Gasteiger partial charge in [-0.3, -0.25) is 14.4 Å². The number of carbonyl (C=O) groups excluding carboxylic acids is 3. The van der Waals surface area contributed by atoms with E-state index < -0.39 is 20.8 Å². The number of carbonyl (C=O) groups is 4. The van der Waals surface area contributed by atoms with E-state index in [9.17, 15) is 28.8 Å². The van der Waals surface area contributed by atoms with Crippen molar-refractivity contribution in [3.63, 3.8) is 0 Å². The van der Waals surface area contributed by atoms with Gasteiger partial charge in [0.05, 0.1) is 5.56 Å². The molecular weight excluding hydrogens is 1380 g/mol. The second-order valence-corrected chi connectivity index (χ2v) is 28.8. The Kier molecular flexibility index (Phi) is 31.6. The van der Waals surface area contributed by atoms with Gasteiger partial charge in [-0.15, -0.1) is 0 Å². The van der Waals surface area contributed by atoms with E-state index in [0.29, 0.717) is 36.3 Å². The number of H-pyrrole nitrogens is 3. The minimum Gasteiger partial charge on any atom is -1.00 e. The number of aromatic carboxylic acids is 1. The SMILES string of the molecule is CB(O)N1CCC(=Cc2ccc(Cl)cc2)CC1.CB(O)N1CCC(=O)CC1.C[P+](=O)Cc1ccc(Cl)cc1.O=C(O)c1ccc2[nH]ccc2c1.O=C(c1ccc2[nH]ccc2c1)N1CCC(=Cc2ccc(Cl)cc2)CC1.O=C(c1ccc2[nH]ccc2c1)N1CCC(Cc2ccc(Cl)cc2)CC1.[H-].[HH].[Na+]. The van der Waals surface area contributed by atoms with Crippen LogP contribution in [0, 0.1) is 5.92 Å². The number of carboxylic acids is 1. The van der Waals surface area contributed by atoms with E-state index >= 15 is 0 Å². The van der Waals surface area contributed by atoms with Gasteiger partial charge in [0.25, 0.3) is 11.8 Å². The molecule has 4 fully saturated rings. The Balaban J connectivity index is 0.000000200. The van der Waals surface area contributed by atoms with Gasteiger partial charge in [0.15, 0.2) is 6.16 Å². The van der Waals surface area contributed by atoms with Crippen LogP contribution in [-0.2, 0) is 21.9 Å². The Morgan fingerprint density at radius 3 is 1.24 bits per heavy atom. The van der Waals surface area contributed by atoms with Crippen molar-refractivity contribution >= 4 is 137 Å². The molecule has 0 aliphatic carbocycles. The van der Waals surface area contributed by atoms with Crippen molar-refractivity contribution in [3.05, 3.63) is 259 Å². The largest absolute Gasteiger partial charge is 1.00 e. The summed E-state index contributed by atoms with van der Waals surface area (Å²) >= 11 is 23.4. The number of likely N-dealkylation sites (tertiary alicyclic amines) is 2. The number of benzene rings is 7. The average molecular weight is 1470 g/mol. The number of rotatable bonds is 11. The van der Waals surface area contributed by atoms with Gasteiger partial charge in [-0.1, -0.05) is 123 Å². The Labute approximate surface area is 638 Å². The van der Waals surface area contributed by atoms with Crippen molar-refractivity contribution in [3.8, 4) is 0 Å². The molecule has 522 valence electrons. The molecule has 7 heterocycles. The topological polar surface area (TPSA) is 206 Å². The zero-order valence-electron chi connectivity index (χ0n) is 58.6. The van der Waals surface area contributed by atoms with Crippen LogP contribution in [0.4, 0.5) is 0 Å². The molecule has 2 amide bonds. The van der Waals surface area contributed by atoms with Crippen LogP contribution in [0.25, 0.3) is 44.9 Å². The molecule has 1 atom stereocenters. The number of nitrogens with one attached hydrogen (secondary N) is 3. The van der Waals surface area contributed by atoms with Crippen LogP contribution in [0.1, 0.15) is 108 Å². The van der Waals surface area contributed by atoms with E-state index in [1.165, 1.54) is 22.3 Å². The van der Waals surface area contributed by atoms with Crippen molar-refractivity contribution in [2.24, 2.45) is 5.92 Å². The normalized spacial score (nSPS) is 14.9. The van der Waals surface area contributed by atoms with Crippen LogP contribution >= 0.6 is 54.2 Å². The van der Waals surface area contributed by atoms with Crippen molar-refractivity contribution in [2.75, 3.05) is 59.0 Å². The summed E-state index contributed by atoms with van der Waals surface area (Å²) in [5, 5.41) is 33.3. The molecule has 0 saturated carbocycles. The molecule has 14 rings (SSSR count). The second-order valence-electron chi connectivity index (χ2n) is 25.5. The molecule has 1 unspecified atom stereocenters. The Bertz CT molecular complexity index is 4400. The number of Topliss-reactive ketones (excluding diaryl/α,β-unsaturated/α-hetero) is 1. The summed E-state index contributed by atoms with van der Waals surface area (Å²) in [6.45, 7) is 11.8. The standard InChI is InChI=1S/C21H21ClN2O.C21H19ClN2O.C13H17BClNO.C9H7NO2.C8H9ClOP.C6H12BNO2.Na.H2.H/c2*22-19-4-1-15(2-5-19)13-16-8-11-24(12-9-16)21(25)18-3-6-20-17(14-18)7-10-23-20;1-14(17)16-8-6-12(7-9-16)10-11-2-4-13(15)5-3-11;11-9(12)7-1-2-8-6(5-7)3-4-10-8;1-11(10)6-7-2-4-8(9)5-3-7;1-7(10)8-4-2-6(9)3-5-8;;;/h1-7,10,14,16,23H,8-9,11-13H2;1-7,10,13-14,23H,8-9,11-12H2;2-5,10,17H,6-9H2,1H3;1-5,10H,(H,11,12);2-5H,6H2,1H3;10H,2-5H2,1H3;;1H;/q;;;;+1;;+1;;-1. The summed E-state index contributed by atoms with van der Waals surface area (Å²) in [4.78, 5) is 64.1. The third-order valence-electron chi connectivity index (χ3n) is 18.1. The third kappa shape index (κ3) is 25.4. The molecule has 10 aromatic rings. The maximum atomic E-state index is 12.8. The Morgan fingerprint density at radius 1 is 0.505 bits per heavy atom. The van der Waals surface area contributed by atoms with Crippen LogP contribution in [0.5, 0.6) is 0 Å². The molecule has 101 heavy (non-hydrogen) atoms. The Hall–Kier alpha value is -7.05. The van der Waals surface area contributed by atoms with Gasteiger partial charge in [0, 0.05) is 123 Å². The number of hydrogen-bond acceptors (Lipinski definition) is 9. The predicted octanol–water partition coefficient (Wildman–Crippen LogP) is 15.3. The number of piperidine rings is 4. The Morgan fingerprint density at radius 2 is 0.851 bits per heavy atom. The quantitative estimate of drug-likeness (QED) is 0.0534. The molecule has 15 nitrogen and oxygen atoms in total. The third-order valence-corrected chi connectivity index (χ3v) is 19.9. The molecule has 0 bridgehead atoms. The first-order valence-corrected chi connectivity index (χ1v) is 37.2. The van der Waals surface area contributed by atoms with E-state index in [1.54, 1.807) is 37.9 Å². The maximum Gasteiger partial charge on any atom is 1.00 e.